The number of carbonyl (C=O) groups is 2. The number of benzene rings is 1. The number of hydrogen-bond donors (Lipinski definition) is 2. The Morgan fingerprint density at radius 1 is 1.17 bits per heavy atom. The van der Waals surface area contributed by atoms with Crippen LogP contribution in [0.15, 0.2) is 24.3 Å². The molecule has 2 N–H and O–H groups in total. The highest BCUT2D eigenvalue weighted by atomic mass is 16.5. The van der Waals surface area contributed by atoms with Crippen molar-refractivity contribution in [2.45, 2.75) is 43.1 Å². The van der Waals surface area contributed by atoms with Crippen molar-refractivity contribution in [2.24, 2.45) is 5.92 Å². The lowest BCUT2D eigenvalue weighted by Crippen LogP contribution is -2.58. The molecule has 5 nitrogen and oxygen atoms in total. The van der Waals surface area contributed by atoms with Crippen LogP contribution in [0.25, 0.3) is 0 Å². The number of amides is 1. The maximum Gasteiger partial charge on any atom is 0.329 e. The summed E-state index contributed by atoms with van der Waals surface area (Å²) >= 11 is 0. The normalized spacial score (nSPS) is 30.7. The van der Waals surface area contributed by atoms with Crippen molar-refractivity contribution in [1.82, 2.24) is 5.32 Å². The topological polar surface area (TPSA) is 75.6 Å². The third-order valence-corrected chi connectivity index (χ3v) is 5.90. The fourth-order valence-corrected chi connectivity index (χ4v) is 4.37. The number of fused-ring (bicyclic) bond motifs is 2. The van der Waals surface area contributed by atoms with E-state index in [1.165, 1.54) is 11.1 Å². The third kappa shape index (κ3) is 2.17. The van der Waals surface area contributed by atoms with Crippen LogP contribution >= 0.6 is 0 Å². The van der Waals surface area contributed by atoms with Gasteiger partial charge in [0.2, 0.25) is 5.91 Å². The van der Waals surface area contributed by atoms with Gasteiger partial charge in [-0.25, -0.2) is 4.79 Å². The number of carboxylic acids is 1. The number of hydrogen-bond acceptors (Lipinski definition) is 3. The molecule has 1 heterocycles. The maximum absolute atomic E-state index is 12.7. The number of aliphatic carboxylic acids is 1. The monoisotopic (exact) mass is 315 g/mol. The molecule has 0 aromatic heterocycles. The van der Waals surface area contributed by atoms with Gasteiger partial charge in [0.1, 0.15) is 5.54 Å². The first-order chi connectivity index (χ1) is 11.1. The Morgan fingerprint density at radius 3 is 2.65 bits per heavy atom. The minimum absolute atomic E-state index is 0.0501. The van der Waals surface area contributed by atoms with E-state index in [1.54, 1.807) is 0 Å². The molecule has 1 aromatic rings. The van der Waals surface area contributed by atoms with Gasteiger partial charge in [-0.2, -0.15) is 0 Å². The van der Waals surface area contributed by atoms with Gasteiger partial charge in [-0.15, -0.1) is 0 Å². The summed E-state index contributed by atoms with van der Waals surface area (Å²) in [5.41, 5.74) is 1.42. The minimum Gasteiger partial charge on any atom is -0.480 e. The lowest BCUT2D eigenvalue weighted by molar-refractivity contribution is -0.152. The average molecular weight is 315 g/mol. The Balaban J connectivity index is 1.52. The van der Waals surface area contributed by atoms with Gasteiger partial charge in [-0.3, -0.25) is 4.79 Å². The predicted octanol–water partition coefficient (Wildman–Crippen LogP) is 1.64. The molecule has 1 aromatic carbocycles. The van der Waals surface area contributed by atoms with E-state index < -0.39 is 11.5 Å². The van der Waals surface area contributed by atoms with Crippen molar-refractivity contribution in [3.05, 3.63) is 35.4 Å². The molecule has 2 unspecified atom stereocenters. The van der Waals surface area contributed by atoms with Gasteiger partial charge in [-0.05, 0) is 30.4 Å². The molecule has 1 aliphatic heterocycles. The van der Waals surface area contributed by atoms with E-state index in [0.717, 1.165) is 19.3 Å². The molecule has 5 heteroatoms. The first kappa shape index (κ1) is 14.7. The van der Waals surface area contributed by atoms with Crippen LogP contribution in [0.5, 0.6) is 0 Å². The van der Waals surface area contributed by atoms with Crippen LogP contribution in [0.3, 0.4) is 0 Å². The van der Waals surface area contributed by atoms with E-state index in [1.807, 2.05) is 12.1 Å². The van der Waals surface area contributed by atoms with E-state index in [9.17, 15) is 14.7 Å². The van der Waals surface area contributed by atoms with E-state index in [0.29, 0.717) is 26.1 Å². The van der Waals surface area contributed by atoms with Crippen molar-refractivity contribution >= 4 is 11.9 Å². The zero-order valence-electron chi connectivity index (χ0n) is 13.0. The quantitative estimate of drug-likeness (QED) is 0.889. The van der Waals surface area contributed by atoms with Crippen molar-refractivity contribution in [1.29, 1.82) is 0 Å². The van der Waals surface area contributed by atoms with Crippen LogP contribution in [-0.2, 0) is 26.2 Å². The summed E-state index contributed by atoms with van der Waals surface area (Å²) in [5.74, 6) is -1.15. The smallest absolute Gasteiger partial charge is 0.329 e. The molecule has 2 aliphatic carbocycles. The molecule has 1 spiro atoms. The van der Waals surface area contributed by atoms with Crippen molar-refractivity contribution in [3.8, 4) is 0 Å². The van der Waals surface area contributed by atoms with Gasteiger partial charge < -0.3 is 15.2 Å². The standard InChI is InChI=1S/C18H21NO4/c20-15(19-18(16(21)22)7-9-23-10-8-18)14-11-17(14)6-5-12-3-1-2-4-13(12)17/h1-4,14H,5-11H2,(H,19,20)(H,21,22). The SMILES string of the molecule is O=C(NC1(C(=O)O)CCOCC1)C1CC12CCc1ccccc12. The third-order valence-electron chi connectivity index (χ3n) is 5.90. The van der Waals surface area contributed by atoms with Gasteiger partial charge in [-0.1, -0.05) is 24.3 Å². The second-order valence-electron chi connectivity index (χ2n) is 7.06. The highest BCUT2D eigenvalue weighted by molar-refractivity contribution is 5.91. The predicted molar refractivity (Wildman–Crippen MR) is 83.1 cm³/mol. The van der Waals surface area contributed by atoms with Crippen LogP contribution in [0, 0.1) is 5.92 Å². The van der Waals surface area contributed by atoms with Crippen LogP contribution < -0.4 is 5.32 Å². The van der Waals surface area contributed by atoms with Crippen LogP contribution in [0.4, 0.5) is 0 Å². The number of nitrogens with one attached hydrogen (secondary N) is 1. The Hall–Kier alpha value is -1.88. The van der Waals surface area contributed by atoms with E-state index in [-0.39, 0.29) is 17.2 Å². The molecule has 0 radical (unpaired) electrons. The summed E-state index contributed by atoms with van der Waals surface area (Å²) in [4.78, 5) is 24.4. The first-order valence-electron chi connectivity index (χ1n) is 8.29. The molecule has 2 atom stereocenters. The van der Waals surface area contributed by atoms with E-state index in [4.69, 9.17) is 4.74 Å². The number of carbonyl (C=O) groups excluding carboxylic acids is 1. The minimum atomic E-state index is -1.16. The molecule has 23 heavy (non-hydrogen) atoms. The van der Waals surface area contributed by atoms with E-state index >= 15 is 0 Å². The summed E-state index contributed by atoms with van der Waals surface area (Å²) in [6.07, 6.45) is 3.52. The molecular weight excluding hydrogens is 294 g/mol. The zero-order chi connectivity index (χ0) is 16.1. The average Bonchev–Trinajstić information content (AvgIpc) is 3.18. The highest BCUT2D eigenvalue weighted by Crippen LogP contribution is 2.61. The fraction of sp³-hybridized carbons (Fsp3) is 0.556. The molecule has 122 valence electrons. The Morgan fingerprint density at radius 2 is 1.91 bits per heavy atom. The van der Waals surface area contributed by atoms with Gasteiger partial charge in [0, 0.05) is 37.4 Å². The Bertz CT molecular complexity index is 665. The molecule has 2 fully saturated rings. The van der Waals surface area contributed by atoms with Gasteiger partial charge in [0.05, 0.1) is 0 Å². The molecule has 1 amide bonds. The van der Waals surface area contributed by atoms with Gasteiger partial charge in [0.25, 0.3) is 0 Å². The Labute approximate surface area is 135 Å². The van der Waals surface area contributed by atoms with Crippen LogP contribution in [0.2, 0.25) is 0 Å². The van der Waals surface area contributed by atoms with Crippen molar-refractivity contribution < 1.29 is 19.4 Å². The lowest BCUT2D eigenvalue weighted by Gasteiger charge is -2.34. The van der Waals surface area contributed by atoms with Crippen LogP contribution in [0.1, 0.15) is 36.8 Å². The number of ether oxygens (including phenoxy) is 1. The summed E-state index contributed by atoms with van der Waals surface area (Å²) in [6, 6.07) is 8.32. The molecule has 0 bridgehead atoms. The highest BCUT2D eigenvalue weighted by Gasteiger charge is 2.62. The summed E-state index contributed by atoms with van der Waals surface area (Å²) in [5, 5.41) is 12.4. The maximum atomic E-state index is 12.7. The van der Waals surface area contributed by atoms with Crippen molar-refractivity contribution in [3.63, 3.8) is 0 Å². The van der Waals surface area contributed by atoms with Crippen LogP contribution in [-0.4, -0.2) is 35.7 Å². The number of rotatable bonds is 3. The van der Waals surface area contributed by atoms with Gasteiger partial charge >= 0.3 is 5.97 Å². The fourth-order valence-electron chi connectivity index (χ4n) is 4.37. The lowest BCUT2D eigenvalue weighted by atomic mass is 9.89. The first-order valence-corrected chi connectivity index (χ1v) is 8.29. The number of carboxylic acid groups (broad SMARTS) is 1. The number of aryl methyl sites for hydroxylation is 1. The van der Waals surface area contributed by atoms with E-state index in [2.05, 4.69) is 17.4 Å². The summed E-state index contributed by atoms with van der Waals surface area (Å²) in [7, 11) is 0. The second kappa shape index (κ2) is 5.06. The molecule has 4 rings (SSSR count). The summed E-state index contributed by atoms with van der Waals surface area (Å²) in [6.45, 7) is 0.760. The second-order valence-corrected chi connectivity index (χ2v) is 7.06. The Kier molecular flexibility index (Phi) is 3.23. The molecule has 3 aliphatic rings. The van der Waals surface area contributed by atoms with Crippen molar-refractivity contribution in [2.75, 3.05) is 13.2 Å². The summed E-state index contributed by atoms with van der Waals surface area (Å²) < 4.78 is 5.26. The zero-order valence-corrected chi connectivity index (χ0v) is 13.0. The molecule has 1 saturated heterocycles. The molecular formula is C18H21NO4. The van der Waals surface area contributed by atoms with Gasteiger partial charge in [0.15, 0.2) is 0 Å². The largest absolute Gasteiger partial charge is 0.480 e. The molecule has 1 saturated carbocycles.